The van der Waals surface area contributed by atoms with Crippen molar-refractivity contribution in [2.45, 2.75) is 26.2 Å². The van der Waals surface area contributed by atoms with Gasteiger partial charge in [0.1, 0.15) is 17.1 Å². The number of carbonyl (C=O) groups excluding carboxylic acids is 1. The summed E-state index contributed by atoms with van der Waals surface area (Å²) in [7, 11) is 1.67. The van der Waals surface area contributed by atoms with Crippen molar-refractivity contribution in [1.29, 1.82) is 0 Å². The summed E-state index contributed by atoms with van der Waals surface area (Å²) in [4.78, 5) is 16.8. The van der Waals surface area contributed by atoms with E-state index in [0.717, 1.165) is 41.6 Å². The number of aryl methyl sites for hydroxylation is 1. The Kier molecular flexibility index (Phi) is 2.93. The molecule has 0 N–H and O–H groups in total. The standard InChI is InChI=1S/C18H18N2O2/c1-3-11-4-7-15-13(8-11)16(22-2)9-17-19-14(10-20(15)17)18(21)12-5-6-12/h4,7-10,12H,3,5-6H2,1-2H3. The van der Waals surface area contributed by atoms with Gasteiger partial charge in [0.15, 0.2) is 5.78 Å². The van der Waals surface area contributed by atoms with Gasteiger partial charge in [0, 0.05) is 23.6 Å². The minimum absolute atomic E-state index is 0.168. The second-order valence-corrected chi connectivity index (χ2v) is 5.91. The number of hydrogen-bond acceptors (Lipinski definition) is 3. The van der Waals surface area contributed by atoms with Gasteiger partial charge in [-0.2, -0.15) is 0 Å². The summed E-state index contributed by atoms with van der Waals surface area (Å²) < 4.78 is 7.52. The zero-order valence-electron chi connectivity index (χ0n) is 12.8. The summed E-state index contributed by atoms with van der Waals surface area (Å²) in [5.74, 6) is 1.15. The Morgan fingerprint density at radius 2 is 2.18 bits per heavy atom. The highest BCUT2D eigenvalue weighted by atomic mass is 16.5. The van der Waals surface area contributed by atoms with Gasteiger partial charge in [-0.05, 0) is 37.0 Å². The molecular formula is C18H18N2O2. The molecule has 0 unspecified atom stereocenters. The van der Waals surface area contributed by atoms with E-state index in [2.05, 4.69) is 30.1 Å². The lowest BCUT2D eigenvalue weighted by Crippen LogP contribution is -2.00. The Morgan fingerprint density at radius 3 is 2.86 bits per heavy atom. The fourth-order valence-electron chi connectivity index (χ4n) is 2.94. The summed E-state index contributed by atoms with van der Waals surface area (Å²) in [5.41, 5.74) is 3.61. The third-order valence-corrected chi connectivity index (χ3v) is 4.41. The maximum absolute atomic E-state index is 12.3. The van der Waals surface area contributed by atoms with E-state index < -0.39 is 0 Å². The van der Waals surface area contributed by atoms with Crippen molar-refractivity contribution in [3.8, 4) is 5.75 Å². The number of imidazole rings is 1. The van der Waals surface area contributed by atoms with Crippen LogP contribution in [0.4, 0.5) is 0 Å². The summed E-state index contributed by atoms with van der Waals surface area (Å²) in [5, 5.41) is 1.05. The largest absolute Gasteiger partial charge is 0.496 e. The quantitative estimate of drug-likeness (QED) is 0.690. The number of hydrogen-bond donors (Lipinski definition) is 0. The van der Waals surface area contributed by atoms with Crippen LogP contribution in [0, 0.1) is 5.92 Å². The van der Waals surface area contributed by atoms with Crippen LogP contribution >= 0.6 is 0 Å². The predicted molar refractivity (Wildman–Crippen MR) is 85.7 cm³/mol. The van der Waals surface area contributed by atoms with E-state index in [9.17, 15) is 4.79 Å². The predicted octanol–water partition coefficient (Wildman–Crippen LogP) is 3.65. The third kappa shape index (κ3) is 1.98. The van der Waals surface area contributed by atoms with Gasteiger partial charge in [-0.3, -0.25) is 9.20 Å². The molecule has 0 spiro atoms. The molecule has 22 heavy (non-hydrogen) atoms. The number of ketones is 1. The van der Waals surface area contributed by atoms with Gasteiger partial charge in [0.25, 0.3) is 0 Å². The first-order valence-corrected chi connectivity index (χ1v) is 7.74. The Morgan fingerprint density at radius 1 is 1.36 bits per heavy atom. The van der Waals surface area contributed by atoms with Crippen molar-refractivity contribution in [2.24, 2.45) is 5.92 Å². The van der Waals surface area contributed by atoms with Crippen LogP contribution in [0.2, 0.25) is 0 Å². The van der Waals surface area contributed by atoms with Crippen molar-refractivity contribution in [3.63, 3.8) is 0 Å². The van der Waals surface area contributed by atoms with Gasteiger partial charge in [-0.15, -0.1) is 0 Å². The second kappa shape index (κ2) is 4.83. The number of carbonyl (C=O) groups is 1. The summed E-state index contributed by atoms with van der Waals surface area (Å²) in [6, 6.07) is 8.25. The van der Waals surface area contributed by atoms with Crippen LogP contribution in [0.1, 0.15) is 35.8 Å². The maximum atomic E-state index is 12.3. The third-order valence-electron chi connectivity index (χ3n) is 4.41. The Labute approximate surface area is 128 Å². The van der Waals surface area contributed by atoms with Crippen LogP contribution in [0.25, 0.3) is 16.6 Å². The molecule has 0 aliphatic heterocycles. The smallest absolute Gasteiger partial charge is 0.185 e. The Hall–Kier alpha value is -2.36. The van der Waals surface area contributed by atoms with Crippen molar-refractivity contribution in [2.75, 3.05) is 7.11 Å². The lowest BCUT2D eigenvalue weighted by atomic mass is 10.1. The molecule has 2 heterocycles. The lowest BCUT2D eigenvalue weighted by molar-refractivity contribution is 0.0963. The fourth-order valence-corrected chi connectivity index (χ4v) is 2.94. The zero-order valence-corrected chi connectivity index (χ0v) is 12.8. The van der Waals surface area contributed by atoms with Gasteiger partial charge in [0.05, 0.1) is 12.6 Å². The van der Waals surface area contributed by atoms with Crippen LogP contribution in [0.15, 0.2) is 30.5 Å². The van der Waals surface area contributed by atoms with Crippen molar-refractivity contribution in [1.82, 2.24) is 9.38 Å². The maximum Gasteiger partial charge on any atom is 0.185 e. The molecule has 0 saturated heterocycles. The number of methoxy groups -OCH3 is 1. The van der Waals surface area contributed by atoms with Crippen LogP contribution in [-0.2, 0) is 6.42 Å². The van der Waals surface area contributed by atoms with Crippen molar-refractivity contribution in [3.05, 3.63) is 41.7 Å². The van der Waals surface area contributed by atoms with Crippen LogP contribution in [0.3, 0.4) is 0 Å². The number of Topliss-reactive ketones (excluding diaryl/α,β-unsaturated/α-hetero) is 1. The minimum atomic E-state index is 0.168. The van der Waals surface area contributed by atoms with E-state index in [1.807, 2.05) is 16.7 Å². The van der Waals surface area contributed by atoms with E-state index >= 15 is 0 Å². The van der Waals surface area contributed by atoms with Gasteiger partial charge < -0.3 is 4.74 Å². The van der Waals surface area contributed by atoms with Crippen LogP contribution in [-0.4, -0.2) is 22.3 Å². The van der Waals surface area contributed by atoms with Crippen molar-refractivity contribution >= 4 is 22.3 Å². The van der Waals surface area contributed by atoms with E-state index in [0.29, 0.717) is 5.69 Å². The molecular weight excluding hydrogens is 276 g/mol. The molecule has 1 aromatic carbocycles. The Balaban J connectivity index is 1.98. The molecule has 1 saturated carbocycles. The molecule has 1 aliphatic carbocycles. The highest BCUT2D eigenvalue weighted by Gasteiger charge is 2.32. The molecule has 112 valence electrons. The number of fused-ring (bicyclic) bond motifs is 3. The number of ether oxygens (including phenoxy) is 1. The molecule has 0 bridgehead atoms. The average molecular weight is 294 g/mol. The topological polar surface area (TPSA) is 43.6 Å². The molecule has 1 fully saturated rings. The minimum Gasteiger partial charge on any atom is -0.496 e. The van der Waals surface area contributed by atoms with E-state index in [1.165, 1.54) is 5.56 Å². The van der Waals surface area contributed by atoms with Crippen LogP contribution in [0.5, 0.6) is 5.75 Å². The fraction of sp³-hybridized carbons (Fsp3) is 0.333. The number of aromatic nitrogens is 2. The van der Waals surface area contributed by atoms with Gasteiger partial charge in [-0.1, -0.05) is 13.0 Å². The number of benzene rings is 1. The summed E-state index contributed by atoms with van der Waals surface area (Å²) in [6.45, 7) is 2.13. The highest BCUT2D eigenvalue weighted by molar-refractivity contribution is 5.99. The molecule has 4 rings (SSSR count). The van der Waals surface area contributed by atoms with Crippen molar-refractivity contribution < 1.29 is 9.53 Å². The first-order chi connectivity index (χ1) is 10.7. The molecule has 0 atom stereocenters. The molecule has 4 nitrogen and oxygen atoms in total. The van der Waals surface area contributed by atoms with Gasteiger partial charge in [-0.25, -0.2) is 4.98 Å². The first kappa shape index (κ1) is 13.3. The lowest BCUT2D eigenvalue weighted by Gasteiger charge is -2.09. The molecule has 3 aromatic rings. The van der Waals surface area contributed by atoms with Gasteiger partial charge >= 0.3 is 0 Å². The van der Waals surface area contributed by atoms with E-state index in [1.54, 1.807) is 7.11 Å². The molecule has 0 radical (unpaired) electrons. The molecule has 1 aliphatic rings. The molecule has 4 heteroatoms. The summed E-state index contributed by atoms with van der Waals surface area (Å²) >= 11 is 0. The van der Waals surface area contributed by atoms with Crippen LogP contribution < -0.4 is 4.74 Å². The average Bonchev–Trinajstić information content (AvgIpc) is 3.31. The highest BCUT2D eigenvalue weighted by Crippen LogP contribution is 2.34. The number of pyridine rings is 1. The van der Waals surface area contributed by atoms with E-state index in [-0.39, 0.29) is 11.7 Å². The SMILES string of the molecule is CCc1ccc2c(c1)c(OC)cc1nc(C(=O)C3CC3)cn12. The van der Waals surface area contributed by atoms with Gasteiger partial charge in [0.2, 0.25) is 0 Å². The Bertz CT molecular complexity index is 891. The monoisotopic (exact) mass is 294 g/mol. The zero-order chi connectivity index (χ0) is 15.3. The molecule has 0 amide bonds. The second-order valence-electron chi connectivity index (χ2n) is 5.91. The first-order valence-electron chi connectivity index (χ1n) is 7.74. The van der Waals surface area contributed by atoms with E-state index in [4.69, 9.17) is 4.74 Å². The number of rotatable bonds is 4. The summed E-state index contributed by atoms with van der Waals surface area (Å²) in [6.07, 6.45) is 4.84. The number of nitrogens with zero attached hydrogens (tertiary/aromatic N) is 2. The normalized spacial score (nSPS) is 14.6. The molecule has 2 aromatic heterocycles.